The minimum Gasteiger partial charge on any atom is -0.294 e. The molecule has 0 spiro atoms. The van der Waals surface area contributed by atoms with Crippen molar-refractivity contribution in [1.82, 2.24) is 9.55 Å². The van der Waals surface area contributed by atoms with Gasteiger partial charge in [-0.15, -0.1) is 11.6 Å². The highest BCUT2D eigenvalue weighted by molar-refractivity contribution is 9.10. The number of rotatable bonds is 2. The van der Waals surface area contributed by atoms with Crippen molar-refractivity contribution < 1.29 is 0 Å². The largest absolute Gasteiger partial charge is 0.294 e. The molecule has 104 valence electrons. The first-order valence-electron chi connectivity index (χ1n) is 6.43. The molecule has 0 radical (unpaired) electrons. The Kier molecular flexibility index (Phi) is 3.71. The normalized spacial score (nSPS) is 12.3. The molecule has 0 aliphatic carbocycles. The van der Waals surface area contributed by atoms with Crippen LogP contribution in [-0.4, -0.2) is 9.55 Å². The Labute approximate surface area is 135 Å². The Hall–Kier alpha value is -1.83. The fourth-order valence-corrected chi connectivity index (χ4v) is 2.93. The van der Waals surface area contributed by atoms with Gasteiger partial charge in [0.25, 0.3) is 0 Å². The summed E-state index contributed by atoms with van der Waals surface area (Å²) in [6, 6.07) is 15.5. The number of benzene rings is 2. The lowest BCUT2D eigenvalue weighted by atomic mass is 10.2. The van der Waals surface area contributed by atoms with Crippen molar-refractivity contribution in [2.45, 2.75) is 12.3 Å². The van der Waals surface area contributed by atoms with Crippen molar-refractivity contribution in [2.24, 2.45) is 0 Å². The van der Waals surface area contributed by atoms with E-state index in [1.165, 1.54) is 0 Å². The van der Waals surface area contributed by atoms with Crippen molar-refractivity contribution in [1.29, 1.82) is 5.26 Å². The van der Waals surface area contributed by atoms with Crippen LogP contribution in [0.15, 0.2) is 46.9 Å². The van der Waals surface area contributed by atoms with Crippen molar-refractivity contribution in [2.75, 3.05) is 0 Å². The van der Waals surface area contributed by atoms with Crippen molar-refractivity contribution in [3.8, 4) is 11.8 Å². The summed E-state index contributed by atoms with van der Waals surface area (Å²) in [5, 5.41) is 8.87. The van der Waals surface area contributed by atoms with E-state index < -0.39 is 0 Å². The molecule has 0 fully saturated rings. The number of aromatic nitrogens is 2. The summed E-state index contributed by atoms with van der Waals surface area (Å²) in [5.41, 5.74) is 3.26. The van der Waals surface area contributed by atoms with Crippen LogP contribution in [0.3, 0.4) is 0 Å². The lowest BCUT2D eigenvalue weighted by molar-refractivity contribution is 0.880. The van der Waals surface area contributed by atoms with Gasteiger partial charge in [0.15, 0.2) is 0 Å². The van der Waals surface area contributed by atoms with Crippen LogP contribution in [0.4, 0.5) is 0 Å². The second-order valence-electron chi connectivity index (χ2n) is 4.69. The lowest BCUT2D eigenvalue weighted by Crippen LogP contribution is -2.02. The average molecular weight is 361 g/mol. The number of halogens is 2. The second-order valence-corrected chi connectivity index (χ2v) is 6.20. The minimum absolute atomic E-state index is 0.241. The molecule has 5 heteroatoms. The van der Waals surface area contributed by atoms with Crippen LogP contribution in [0.25, 0.3) is 16.7 Å². The molecule has 0 aliphatic rings. The van der Waals surface area contributed by atoms with Gasteiger partial charge in [-0.2, -0.15) is 5.26 Å². The van der Waals surface area contributed by atoms with Gasteiger partial charge in [-0.1, -0.05) is 12.1 Å². The summed E-state index contributed by atoms with van der Waals surface area (Å²) in [4.78, 5) is 4.61. The van der Waals surface area contributed by atoms with E-state index in [9.17, 15) is 0 Å². The molecule has 0 amide bonds. The molecule has 1 heterocycles. The van der Waals surface area contributed by atoms with Gasteiger partial charge in [-0.3, -0.25) is 4.57 Å². The zero-order chi connectivity index (χ0) is 15.0. The molecule has 3 aromatic rings. The fourth-order valence-electron chi connectivity index (χ4n) is 2.32. The van der Waals surface area contributed by atoms with Gasteiger partial charge in [-0.05, 0) is 53.2 Å². The maximum atomic E-state index is 9.11. The SMILES string of the molecule is CC(Cl)c1nc2ccc(C#N)cc2n1-c1ccccc1Br. The van der Waals surface area contributed by atoms with Crippen LogP contribution in [0.1, 0.15) is 23.7 Å². The first-order valence-corrected chi connectivity index (χ1v) is 7.66. The molecule has 0 aliphatic heterocycles. The van der Waals surface area contributed by atoms with Crippen LogP contribution in [0.5, 0.6) is 0 Å². The topological polar surface area (TPSA) is 41.6 Å². The third kappa shape index (κ3) is 2.44. The maximum absolute atomic E-state index is 9.11. The number of alkyl halides is 1. The van der Waals surface area contributed by atoms with Crippen LogP contribution in [-0.2, 0) is 0 Å². The number of hydrogen-bond acceptors (Lipinski definition) is 2. The molecular weight excluding hydrogens is 350 g/mol. The number of hydrogen-bond donors (Lipinski definition) is 0. The Bertz CT molecular complexity index is 862. The zero-order valence-electron chi connectivity index (χ0n) is 11.2. The number of para-hydroxylation sites is 1. The fraction of sp³-hybridized carbons (Fsp3) is 0.125. The van der Waals surface area contributed by atoms with Gasteiger partial charge in [0.2, 0.25) is 0 Å². The smallest absolute Gasteiger partial charge is 0.132 e. The summed E-state index contributed by atoms with van der Waals surface area (Å²) >= 11 is 9.86. The molecular formula is C16H11BrClN3. The Morgan fingerprint density at radius 1 is 1.29 bits per heavy atom. The van der Waals surface area contributed by atoms with E-state index >= 15 is 0 Å². The minimum atomic E-state index is -0.241. The van der Waals surface area contributed by atoms with Crippen molar-refractivity contribution in [3.05, 3.63) is 58.3 Å². The highest BCUT2D eigenvalue weighted by Crippen LogP contribution is 2.31. The third-order valence-corrected chi connectivity index (χ3v) is 4.12. The molecule has 1 atom stereocenters. The molecule has 0 N–H and O–H groups in total. The van der Waals surface area contributed by atoms with Gasteiger partial charge < -0.3 is 0 Å². The molecule has 0 saturated heterocycles. The average Bonchev–Trinajstić information content (AvgIpc) is 2.86. The van der Waals surface area contributed by atoms with Crippen LogP contribution in [0, 0.1) is 11.3 Å². The molecule has 1 unspecified atom stereocenters. The molecule has 3 nitrogen and oxygen atoms in total. The molecule has 0 saturated carbocycles. The Morgan fingerprint density at radius 2 is 2.05 bits per heavy atom. The van der Waals surface area contributed by atoms with Crippen LogP contribution in [0.2, 0.25) is 0 Å². The van der Waals surface area contributed by atoms with Crippen LogP contribution < -0.4 is 0 Å². The van der Waals surface area contributed by atoms with E-state index in [0.717, 1.165) is 27.0 Å². The lowest BCUT2D eigenvalue weighted by Gasteiger charge is -2.12. The summed E-state index contributed by atoms with van der Waals surface area (Å²) < 4.78 is 2.95. The first-order chi connectivity index (χ1) is 10.1. The first kappa shape index (κ1) is 14.1. The maximum Gasteiger partial charge on any atom is 0.132 e. The van der Waals surface area contributed by atoms with Gasteiger partial charge in [0, 0.05) is 4.47 Å². The van der Waals surface area contributed by atoms with E-state index in [-0.39, 0.29) is 5.38 Å². The Balaban J connectivity index is 2.40. The molecule has 21 heavy (non-hydrogen) atoms. The summed E-state index contributed by atoms with van der Waals surface area (Å²) in [6.07, 6.45) is 0. The van der Waals surface area contributed by atoms with Crippen molar-refractivity contribution >= 4 is 38.6 Å². The monoisotopic (exact) mass is 359 g/mol. The van der Waals surface area contributed by atoms with Gasteiger partial charge >= 0.3 is 0 Å². The number of imidazole rings is 1. The van der Waals surface area contributed by atoms with E-state index in [2.05, 4.69) is 27.0 Å². The predicted molar refractivity (Wildman–Crippen MR) is 87.8 cm³/mol. The molecule has 2 aromatic carbocycles. The number of fused-ring (bicyclic) bond motifs is 1. The van der Waals surface area contributed by atoms with E-state index in [1.54, 1.807) is 6.07 Å². The number of nitriles is 1. The van der Waals surface area contributed by atoms with Crippen molar-refractivity contribution in [3.63, 3.8) is 0 Å². The van der Waals surface area contributed by atoms with E-state index in [1.807, 2.05) is 47.9 Å². The van der Waals surface area contributed by atoms with Crippen LogP contribution >= 0.6 is 27.5 Å². The third-order valence-electron chi connectivity index (χ3n) is 3.26. The highest BCUT2D eigenvalue weighted by atomic mass is 79.9. The number of nitrogens with zero attached hydrogens (tertiary/aromatic N) is 3. The van der Waals surface area contributed by atoms with E-state index in [0.29, 0.717) is 5.56 Å². The quantitative estimate of drug-likeness (QED) is 0.606. The highest BCUT2D eigenvalue weighted by Gasteiger charge is 2.18. The molecule has 1 aromatic heterocycles. The van der Waals surface area contributed by atoms with Gasteiger partial charge in [0.05, 0.1) is 33.7 Å². The molecule has 0 bridgehead atoms. The summed E-state index contributed by atoms with van der Waals surface area (Å²) in [7, 11) is 0. The summed E-state index contributed by atoms with van der Waals surface area (Å²) in [6.45, 7) is 1.89. The zero-order valence-corrected chi connectivity index (χ0v) is 13.6. The molecule has 3 rings (SSSR count). The van der Waals surface area contributed by atoms with E-state index in [4.69, 9.17) is 16.9 Å². The second kappa shape index (κ2) is 5.51. The van der Waals surface area contributed by atoms with Gasteiger partial charge in [0.1, 0.15) is 5.82 Å². The Morgan fingerprint density at radius 3 is 2.71 bits per heavy atom. The standard InChI is InChI=1S/C16H11BrClN3/c1-10(18)16-20-13-7-6-11(9-19)8-15(13)21(16)14-5-3-2-4-12(14)17/h2-8,10H,1H3. The van der Waals surface area contributed by atoms with Gasteiger partial charge in [-0.25, -0.2) is 4.98 Å². The summed E-state index contributed by atoms with van der Waals surface area (Å²) in [5.74, 6) is 0.758. The predicted octanol–water partition coefficient (Wildman–Crippen LogP) is 4.96.